The molecule has 5 atom stereocenters. The van der Waals surface area contributed by atoms with Crippen LogP contribution in [0, 0.1) is 0 Å². The molecule has 0 aromatic rings. The highest BCUT2D eigenvalue weighted by molar-refractivity contribution is 7.53. The molecule has 1 rings (SSSR count). The Hall–Kier alpha value is -2.01. The van der Waals surface area contributed by atoms with E-state index in [-0.39, 0.29) is 12.8 Å². The molecule has 0 N–H and O–H groups in total. The van der Waals surface area contributed by atoms with Gasteiger partial charge in [-0.25, -0.2) is 0 Å². The summed E-state index contributed by atoms with van der Waals surface area (Å²) in [6, 6.07) is 0. The number of hydrogen-bond donors (Lipinski definition) is 0. The van der Waals surface area contributed by atoms with Gasteiger partial charge in [-0.15, -0.1) is 0 Å². The molecule has 0 spiro atoms. The van der Waals surface area contributed by atoms with Crippen molar-refractivity contribution in [2.75, 3.05) is 27.0 Å². The molecule has 1 aliphatic heterocycles. The van der Waals surface area contributed by atoms with Crippen molar-refractivity contribution in [3.05, 3.63) is 0 Å². The number of carbonyl (C=O) groups is 4. The van der Waals surface area contributed by atoms with Gasteiger partial charge in [-0.1, -0.05) is 0 Å². The minimum atomic E-state index is -3.68. The third-order valence-electron chi connectivity index (χ3n) is 4.05. The van der Waals surface area contributed by atoms with Gasteiger partial charge in [0.05, 0.1) is 6.16 Å². The fraction of sp³-hybridized carbons (Fsp3) is 0.765. The highest BCUT2D eigenvalue weighted by Gasteiger charge is 2.53. The van der Waals surface area contributed by atoms with Crippen molar-refractivity contribution in [1.29, 1.82) is 0 Å². The zero-order valence-electron chi connectivity index (χ0n) is 17.6. The third-order valence-corrected chi connectivity index (χ3v) is 5.97. The molecule has 1 fully saturated rings. The fourth-order valence-electron chi connectivity index (χ4n) is 2.91. The monoisotopic (exact) mass is 454 g/mol. The van der Waals surface area contributed by atoms with Crippen LogP contribution in [0.4, 0.5) is 0 Å². The van der Waals surface area contributed by atoms with E-state index in [4.69, 9.17) is 32.7 Å². The van der Waals surface area contributed by atoms with Gasteiger partial charge in [0.25, 0.3) is 0 Å². The van der Waals surface area contributed by atoms with Gasteiger partial charge in [0, 0.05) is 41.9 Å². The molecule has 1 heterocycles. The van der Waals surface area contributed by atoms with E-state index in [9.17, 15) is 23.7 Å². The summed E-state index contributed by atoms with van der Waals surface area (Å²) in [7, 11) is -1.35. The highest BCUT2D eigenvalue weighted by atomic mass is 31.2. The molecule has 0 bridgehead atoms. The molecule has 0 radical (unpaired) electrons. The molecule has 13 heteroatoms. The molecule has 0 unspecified atom stereocenters. The number of ether oxygens (including phenoxy) is 5. The SMILES string of the molecule is COP(=O)(C[C@@H]1O[C@H](COC(C)=O)[C@@H](OC(C)=O)[C@H](OC(C)=O)[C@H]1OC(C)=O)OC. The maximum atomic E-state index is 12.7. The molecular formula is C17H27O12P. The Morgan fingerprint density at radius 2 is 1.17 bits per heavy atom. The number of carbonyl (C=O) groups excluding carboxylic acids is 4. The molecule has 0 amide bonds. The van der Waals surface area contributed by atoms with E-state index in [0.29, 0.717) is 0 Å². The summed E-state index contributed by atoms with van der Waals surface area (Å²) in [6.07, 6.45) is -6.62. The first kappa shape index (κ1) is 26.0. The smallest absolute Gasteiger partial charge is 0.332 e. The van der Waals surface area contributed by atoms with E-state index < -0.39 is 62.0 Å². The Labute approximate surface area is 173 Å². The molecule has 0 saturated carbocycles. The number of rotatable bonds is 9. The zero-order valence-corrected chi connectivity index (χ0v) is 18.5. The van der Waals surface area contributed by atoms with Gasteiger partial charge in [-0.2, -0.15) is 0 Å². The van der Waals surface area contributed by atoms with Gasteiger partial charge in [0.15, 0.2) is 18.3 Å². The largest absolute Gasteiger partial charge is 0.463 e. The van der Waals surface area contributed by atoms with Crippen molar-refractivity contribution in [2.24, 2.45) is 0 Å². The summed E-state index contributed by atoms with van der Waals surface area (Å²) in [4.78, 5) is 46.3. The Bertz CT molecular complexity index is 684. The predicted octanol–water partition coefficient (Wildman–Crippen LogP) is 0.598. The Morgan fingerprint density at radius 1 is 0.733 bits per heavy atom. The average molecular weight is 454 g/mol. The van der Waals surface area contributed by atoms with Crippen molar-refractivity contribution < 1.29 is 56.5 Å². The Morgan fingerprint density at radius 3 is 1.57 bits per heavy atom. The van der Waals surface area contributed by atoms with Gasteiger partial charge in [-0.3, -0.25) is 23.7 Å². The quantitative estimate of drug-likeness (QED) is 0.273. The van der Waals surface area contributed by atoms with E-state index in [1.807, 2.05) is 0 Å². The summed E-state index contributed by atoms with van der Waals surface area (Å²) in [5.74, 6) is -2.89. The minimum absolute atomic E-state index is 0.376. The Balaban J connectivity index is 3.41. The molecule has 0 aliphatic carbocycles. The maximum absolute atomic E-state index is 12.7. The summed E-state index contributed by atoms with van der Waals surface area (Å²) >= 11 is 0. The first-order chi connectivity index (χ1) is 13.9. The van der Waals surface area contributed by atoms with Crippen molar-refractivity contribution >= 4 is 31.5 Å². The van der Waals surface area contributed by atoms with Crippen molar-refractivity contribution in [1.82, 2.24) is 0 Å². The molecule has 0 aromatic heterocycles. The molecule has 30 heavy (non-hydrogen) atoms. The minimum Gasteiger partial charge on any atom is -0.463 e. The summed E-state index contributed by atoms with van der Waals surface area (Å²) in [5, 5.41) is 0. The van der Waals surface area contributed by atoms with Crippen LogP contribution >= 0.6 is 7.60 Å². The van der Waals surface area contributed by atoms with Crippen LogP contribution in [-0.2, 0) is 56.5 Å². The topological polar surface area (TPSA) is 150 Å². The summed E-state index contributed by atoms with van der Waals surface area (Å²) < 4.78 is 49.1. The second kappa shape index (κ2) is 11.4. The first-order valence-electron chi connectivity index (χ1n) is 8.93. The van der Waals surface area contributed by atoms with Crippen molar-refractivity contribution in [2.45, 2.75) is 58.2 Å². The van der Waals surface area contributed by atoms with Gasteiger partial charge in [0.1, 0.15) is 18.8 Å². The van der Waals surface area contributed by atoms with E-state index >= 15 is 0 Å². The standard InChI is InChI=1S/C17H27O12P/c1-9(18)25-7-13-15(26-10(2)19)17(28-12(4)21)16(27-11(3)20)14(29-13)8-30(22,23-5)24-6/h13-17H,7-8H2,1-6H3/t13-,14+,15-,16+,17+/m1/s1. The van der Waals surface area contributed by atoms with Crippen LogP contribution in [0.1, 0.15) is 27.7 Å². The van der Waals surface area contributed by atoms with Crippen LogP contribution in [0.15, 0.2) is 0 Å². The van der Waals surface area contributed by atoms with Crippen molar-refractivity contribution in [3.63, 3.8) is 0 Å². The van der Waals surface area contributed by atoms with Crippen molar-refractivity contribution in [3.8, 4) is 0 Å². The normalized spacial score (nSPS) is 26.4. The van der Waals surface area contributed by atoms with E-state index in [2.05, 4.69) is 0 Å². The van der Waals surface area contributed by atoms with Crippen LogP contribution in [0.2, 0.25) is 0 Å². The lowest BCUT2D eigenvalue weighted by molar-refractivity contribution is -0.249. The number of esters is 4. The lowest BCUT2D eigenvalue weighted by Crippen LogP contribution is -2.63. The highest BCUT2D eigenvalue weighted by Crippen LogP contribution is 2.49. The molecule has 1 aliphatic rings. The van der Waals surface area contributed by atoms with Crippen LogP contribution in [0.5, 0.6) is 0 Å². The van der Waals surface area contributed by atoms with Crippen LogP contribution in [0.25, 0.3) is 0 Å². The van der Waals surface area contributed by atoms with Gasteiger partial charge in [-0.05, 0) is 0 Å². The van der Waals surface area contributed by atoms with Crippen LogP contribution < -0.4 is 0 Å². The molecule has 1 saturated heterocycles. The van der Waals surface area contributed by atoms with Crippen LogP contribution in [-0.4, -0.2) is 81.4 Å². The van der Waals surface area contributed by atoms with Gasteiger partial charge >= 0.3 is 31.5 Å². The van der Waals surface area contributed by atoms with Gasteiger partial charge in [0.2, 0.25) is 0 Å². The summed E-state index contributed by atoms with van der Waals surface area (Å²) in [5.41, 5.74) is 0. The molecular weight excluding hydrogens is 427 g/mol. The van der Waals surface area contributed by atoms with Gasteiger partial charge < -0.3 is 32.7 Å². The maximum Gasteiger partial charge on any atom is 0.332 e. The lowest BCUT2D eigenvalue weighted by Gasteiger charge is -2.44. The Kier molecular flexibility index (Phi) is 9.89. The predicted molar refractivity (Wildman–Crippen MR) is 98.4 cm³/mol. The van der Waals surface area contributed by atoms with E-state index in [1.54, 1.807) is 0 Å². The number of hydrogen-bond acceptors (Lipinski definition) is 12. The first-order valence-corrected chi connectivity index (χ1v) is 10.7. The molecule has 12 nitrogen and oxygen atoms in total. The molecule has 172 valence electrons. The summed E-state index contributed by atoms with van der Waals surface area (Å²) in [6.45, 7) is 4.12. The second-order valence-electron chi connectivity index (χ2n) is 6.40. The zero-order chi connectivity index (χ0) is 23.1. The van der Waals surface area contributed by atoms with E-state index in [0.717, 1.165) is 41.9 Å². The lowest BCUT2D eigenvalue weighted by atomic mass is 9.95. The van der Waals surface area contributed by atoms with E-state index in [1.165, 1.54) is 0 Å². The third kappa shape index (κ3) is 7.67. The second-order valence-corrected chi connectivity index (χ2v) is 8.71. The fourth-order valence-corrected chi connectivity index (χ4v) is 4.09. The van der Waals surface area contributed by atoms with Crippen LogP contribution in [0.3, 0.4) is 0 Å². The molecule has 0 aromatic carbocycles. The average Bonchev–Trinajstić information content (AvgIpc) is 2.63.